The van der Waals surface area contributed by atoms with Crippen molar-refractivity contribution >= 4 is 0 Å². The molecule has 158 valence electrons. The molecule has 0 aliphatic carbocycles. The molecular weight excluding hydrogens is 386 g/mol. The molecule has 3 rings (SSSR count). The fraction of sp³-hybridized carbons (Fsp3) is 0.455. The van der Waals surface area contributed by atoms with Gasteiger partial charge in [-0.1, -0.05) is 24.3 Å². The zero-order valence-corrected chi connectivity index (χ0v) is 16.0. The molecule has 0 bridgehead atoms. The van der Waals surface area contributed by atoms with E-state index in [-0.39, 0.29) is 5.82 Å². The molecule has 2 N–H and O–H groups in total. The Labute approximate surface area is 167 Å². The van der Waals surface area contributed by atoms with Crippen LogP contribution in [0.3, 0.4) is 0 Å². The van der Waals surface area contributed by atoms with Gasteiger partial charge in [-0.05, 0) is 67.6 Å². The quantitative estimate of drug-likeness (QED) is 0.681. The minimum Gasteiger partial charge on any atom is -0.388 e. The summed E-state index contributed by atoms with van der Waals surface area (Å²) in [5, 5.41) is 21.1. The summed E-state index contributed by atoms with van der Waals surface area (Å²) < 4.78 is 51.8. The number of aliphatic hydroxyl groups excluding tert-OH is 1. The first-order valence-electron chi connectivity index (χ1n) is 9.73. The fourth-order valence-electron chi connectivity index (χ4n) is 3.78. The molecule has 2 aromatic carbocycles. The summed E-state index contributed by atoms with van der Waals surface area (Å²) in [4.78, 5) is 2.14. The van der Waals surface area contributed by atoms with E-state index in [9.17, 15) is 27.8 Å². The summed E-state index contributed by atoms with van der Waals surface area (Å²) in [6.45, 7) is 1.86. The normalized spacial score (nSPS) is 18.6. The number of halogens is 4. The van der Waals surface area contributed by atoms with Crippen molar-refractivity contribution in [2.24, 2.45) is 0 Å². The molecule has 0 aromatic heterocycles. The van der Waals surface area contributed by atoms with Gasteiger partial charge in [-0.3, -0.25) is 0 Å². The maximum Gasteiger partial charge on any atom is 0.416 e. The van der Waals surface area contributed by atoms with Crippen molar-refractivity contribution in [2.75, 3.05) is 19.6 Å². The molecular formula is C22H25F4NO2. The lowest BCUT2D eigenvalue weighted by Crippen LogP contribution is -2.43. The van der Waals surface area contributed by atoms with Crippen LogP contribution in [-0.2, 0) is 11.8 Å². The maximum absolute atomic E-state index is 12.9. The molecule has 0 amide bonds. The highest BCUT2D eigenvalue weighted by Gasteiger charge is 2.36. The summed E-state index contributed by atoms with van der Waals surface area (Å²) in [6.07, 6.45) is -3.13. The minimum absolute atomic E-state index is 0.304. The van der Waals surface area contributed by atoms with E-state index in [0.29, 0.717) is 43.5 Å². The van der Waals surface area contributed by atoms with Crippen LogP contribution in [0.5, 0.6) is 0 Å². The van der Waals surface area contributed by atoms with E-state index in [4.69, 9.17) is 0 Å². The molecule has 1 unspecified atom stereocenters. The Balaban J connectivity index is 1.49. The third-order valence-corrected chi connectivity index (χ3v) is 5.62. The number of hydrogen-bond donors (Lipinski definition) is 2. The van der Waals surface area contributed by atoms with Gasteiger partial charge in [0.2, 0.25) is 0 Å². The van der Waals surface area contributed by atoms with E-state index in [1.165, 1.54) is 18.2 Å². The monoisotopic (exact) mass is 411 g/mol. The van der Waals surface area contributed by atoms with Crippen LogP contribution in [-0.4, -0.2) is 34.7 Å². The van der Waals surface area contributed by atoms with Crippen molar-refractivity contribution in [3.63, 3.8) is 0 Å². The maximum atomic E-state index is 12.9. The highest BCUT2D eigenvalue weighted by Crippen LogP contribution is 2.36. The second-order valence-electron chi connectivity index (χ2n) is 7.66. The van der Waals surface area contributed by atoms with Crippen LogP contribution in [0.4, 0.5) is 17.6 Å². The van der Waals surface area contributed by atoms with Gasteiger partial charge in [-0.25, -0.2) is 4.39 Å². The van der Waals surface area contributed by atoms with Crippen molar-refractivity contribution in [1.82, 2.24) is 4.90 Å². The van der Waals surface area contributed by atoms with Gasteiger partial charge < -0.3 is 15.1 Å². The summed E-state index contributed by atoms with van der Waals surface area (Å²) in [5.41, 5.74) is -1.03. The molecule has 1 fully saturated rings. The molecule has 3 nitrogen and oxygen atoms in total. The van der Waals surface area contributed by atoms with E-state index < -0.39 is 23.4 Å². The second kappa shape index (κ2) is 8.81. The molecule has 1 heterocycles. The van der Waals surface area contributed by atoms with E-state index in [2.05, 4.69) is 4.90 Å². The Hall–Kier alpha value is -1.96. The van der Waals surface area contributed by atoms with Crippen molar-refractivity contribution in [2.45, 2.75) is 43.6 Å². The van der Waals surface area contributed by atoms with Crippen molar-refractivity contribution in [1.29, 1.82) is 0 Å². The van der Waals surface area contributed by atoms with Gasteiger partial charge >= 0.3 is 6.18 Å². The van der Waals surface area contributed by atoms with Crippen molar-refractivity contribution in [3.05, 3.63) is 71.0 Å². The lowest BCUT2D eigenvalue weighted by atomic mass is 9.83. The molecule has 7 heteroatoms. The molecule has 1 saturated heterocycles. The van der Waals surface area contributed by atoms with E-state index >= 15 is 0 Å². The largest absolute Gasteiger partial charge is 0.416 e. The number of nitrogens with zero attached hydrogens (tertiary/aromatic N) is 1. The Morgan fingerprint density at radius 3 is 2.31 bits per heavy atom. The number of hydrogen-bond acceptors (Lipinski definition) is 3. The minimum atomic E-state index is -4.43. The molecule has 0 saturated carbocycles. The van der Waals surface area contributed by atoms with Crippen LogP contribution < -0.4 is 0 Å². The predicted molar refractivity (Wildman–Crippen MR) is 102 cm³/mol. The number of alkyl halides is 3. The first-order valence-corrected chi connectivity index (χ1v) is 9.73. The Morgan fingerprint density at radius 2 is 1.69 bits per heavy atom. The smallest absolute Gasteiger partial charge is 0.388 e. The van der Waals surface area contributed by atoms with Crippen LogP contribution in [0.1, 0.15) is 48.5 Å². The van der Waals surface area contributed by atoms with Gasteiger partial charge in [0.25, 0.3) is 0 Å². The number of piperidine rings is 1. The Morgan fingerprint density at radius 1 is 1.03 bits per heavy atom. The SMILES string of the molecule is OC(CCCN1CCC(O)(c2cccc(C(F)(F)F)c2)CC1)c1ccc(F)cc1. The van der Waals surface area contributed by atoms with Crippen LogP contribution in [0.25, 0.3) is 0 Å². The fourth-order valence-corrected chi connectivity index (χ4v) is 3.78. The second-order valence-corrected chi connectivity index (χ2v) is 7.66. The van der Waals surface area contributed by atoms with Gasteiger partial charge in [-0.15, -0.1) is 0 Å². The highest BCUT2D eigenvalue weighted by atomic mass is 19.4. The summed E-state index contributed by atoms with van der Waals surface area (Å²) in [6, 6.07) is 10.7. The van der Waals surface area contributed by atoms with E-state index in [1.54, 1.807) is 18.2 Å². The van der Waals surface area contributed by atoms with Crippen LogP contribution in [0.15, 0.2) is 48.5 Å². The highest BCUT2D eigenvalue weighted by molar-refractivity contribution is 5.30. The van der Waals surface area contributed by atoms with Gasteiger partial charge in [0.05, 0.1) is 17.3 Å². The predicted octanol–water partition coefficient (Wildman–Crippen LogP) is 4.64. The zero-order valence-electron chi connectivity index (χ0n) is 16.0. The molecule has 2 aromatic rings. The molecule has 0 radical (unpaired) electrons. The summed E-state index contributed by atoms with van der Waals surface area (Å²) in [5.74, 6) is -0.345. The van der Waals surface area contributed by atoms with Crippen molar-refractivity contribution in [3.8, 4) is 0 Å². The third kappa shape index (κ3) is 5.56. The van der Waals surface area contributed by atoms with Gasteiger partial charge in [0.15, 0.2) is 0 Å². The van der Waals surface area contributed by atoms with Gasteiger partial charge in [0.1, 0.15) is 5.82 Å². The van der Waals surface area contributed by atoms with E-state index in [0.717, 1.165) is 25.1 Å². The topological polar surface area (TPSA) is 43.7 Å². The van der Waals surface area contributed by atoms with Crippen LogP contribution >= 0.6 is 0 Å². The lowest BCUT2D eigenvalue weighted by molar-refractivity contribution is -0.137. The zero-order chi connectivity index (χ0) is 21.1. The number of benzene rings is 2. The number of rotatable bonds is 6. The van der Waals surface area contributed by atoms with Crippen LogP contribution in [0, 0.1) is 5.82 Å². The standard InChI is InChI=1S/C22H25F4NO2/c23-19-8-6-16(7-9-19)20(28)5-2-12-27-13-10-21(29,11-14-27)17-3-1-4-18(15-17)22(24,25)26/h1,3-4,6-9,15,20,28-29H,2,5,10-14H2. The average Bonchev–Trinajstić information content (AvgIpc) is 2.69. The lowest BCUT2D eigenvalue weighted by Gasteiger charge is -2.39. The van der Waals surface area contributed by atoms with Crippen LogP contribution in [0.2, 0.25) is 0 Å². The van der Waals surface area contributed by atoms with Gasteiger partial charge in [-0.2, -0.15) is 13.2 Å². The summed E-state index contributed by atoms with van der Waals surface area (Å²) >= 11 is 0. The average molecular weight is 411 g/mol. The number of aliphatic hydroxyl groups is 2. The first-order chi connectivity index (χ1) is 13.7. The summed E-state index contributed by atoms with van der Waals surface area (Å²) in [7, 11) is 0. The first kappa shape index (κ1) is 21.7. The molecule has 29 heavy (non-hydrogen) atoms. The Kier molecular flexibility index (Phi) is 6.61. The molecule has 1 aliphatic rings. The van der Waals surface area contributed by atoms with Crippen molar-refractivity contribution < 1.29 is 27.8 Å². The van der Waals surface area contributed by atoms with Gasteiger partial charge in [0, 0.05) is 13.1 Å². The molecule has 1 aliphatic heterocycles. The Bertz CT molecular complexity index is 799. The number of likely N-dealkylation sites (tertiary alicyclic amines) is 1. The molecule has 0 spiro atoms. The molecule has 1 atom stereocenters. The van der Waals surface area contributed by atoms with E-state index in [1.807, 2.05) is 0 Å². The third-order valence-electron chi connectivity index (χ3n) is 5.62.